The quantitative estimate of drug-likeness (QED) is 0.244. The molecule has 38 heavy (non-hydrogen) atoms. The molecule has 200 valence electrons. The molecule has 3 rings (SSSR count). The number of rotatable bonds is 12. The topological polar surface area (TPSA) is 77.0 Å². The number of benzene rings is 3. The molecule has 3 aromatic carbocycles. The lowest BCUT2D eigenvalue weighted by Gasteiger charge is -2.23. The van der Waals surface area contributed by atoms with Crippen molar-refractivity contribution in [3.05, 3.63) is 99.8 Å². The number of anilines is 1. The summed E-state index contributed by atoms with van der Waals surface area (Å²) in [7, 11) is 2.06. The smallest absolute Gasteiger partial charge is 0.273 e. The molecule has 0 aliphatic rings. The van der Waals surface area contributed by atoms with Crippen LogP contribution in [0.1, 0.15) is 45.7 Å². The number of hydrogen-bond donors (Lipinski definition) is 2. The van der Waals surface area contributed by atoms with Crippen LogP contribution in [0.15, 0.2) is 71.8 Å². The first-order chi connectivity index (χ1) is 18.3. The van der Waals surface area contributed by atoms with Gasteiger partial charge in [0.25, 0.3) is 11.8 Å². The van der Waals surface area contributed by atoms with Gasteiger partial charge in [0.2, 0.25) is 0 Å². The number of likely N-dealkylation sites (N-methyl/N-ethyl adjacent to an activating group) is 2. The molecular weight excluding hydrogens is 505 g/mol. The van der Waals surface area contributed by atoms with Crippen molar-refractivity contribution in [2.75, 3.05) is 38.5 Å². The molecule has 2 amide bonds. The van der Waals surface area contributed by atoms with E-state index in [1.54, 1.807) is 18.2 Å². The summed E-state index contributed by atoms with van der Waals surface area (Å²) in [5.74, 6) is -1.26. The van der Waals surface area contributed by atoms with Crippen molar-refractivity contribution in [1.82, 2.24) is 15.2 Å². The van der Waals surface area contributed by atoms with Crippen molar-refractivity contribution in [3.8, 4) is 0 Å². The van der Waals surface area contributed by atoms with Crippen LogP contribution in [0.5, 0.6) is 0 Å². The molecule has 0 aromatic heterocycles. The summed E-state index contributed by atoms with van der Waals surface area (Å²) in [4.78, 5) is 30.5. The summed E-state index contributed by atoms with van der Waals surface area (Å²) < 4.78 is 13.1. The second-order valence-electron chi connectivity index (χ2n) is 8.86. The summed E-state index contributed by atoms with van der Waals surface area (Å²) in [6.45, 7) is 8.97. The minimum Gasteiger partial charge on any atom is -0.321 e. The molecule has 0 fully saturated rings. The van der Waals surface area contributed by atoms with Gasteiger partial charge < -0.3 is 15.1 Å². The molecule has 0 radical (unpaired) electrons. The third-order valence-electron chi connectivity index (χ3n) is 6.06. The number of halogens is 2. The van der Waals surface area contributed by atoms with Crippen LogP contribution in [-0.2, 0) is 6.54 Å². The van der Waals surface area contributed by atoms with E-state index in [0.717, 1.165) is 31.7 Å². The molecule has 0 atom stereocenters. The molecule has 0 saturated carbocycles. The van der Waals surface area contributed by atoms with E-state index in [1.807, 2.05) is 18.2 Å². The molecule has 0 heterocycles. The molecule has 3 aromatic rings. The third kappa shape index (κ3) is 8.76. The van der Waals surface area contributed by atoms with Gasteiger partial charge in [0.15, 0.2) is 0 Å². The minimum atomic E-state index is -0.551. The Morgan fingerprint density at radius 3 is 2.42 bits per heavy atom. The summed E-state index contributed by atoms with van der Waals surface area (Å²) in [5, 5.41) is 7.07. The molecule has 9 heteroatoms. The lowest BCUT2D eigenvalue weighted by atomic mass is 10.1. The maximum atomic E-state index is 13.1. The van der Waals surface area contributed by atoms with E-state index < -0.39 is 5.91 Å². The molecule has 2 N–H and O–H groups in total. The fourth-order valence-corrected chi connectivity index (χ4v) is 4.01. The number of amides is 2. The maximum Gasteiger partial charge on any atom is 0.273 e. The van der Waals surface area contributed by atoms with Crippen LogP contribution in [0, 0.1) is 5.82 Å². The van der Waals surface area contributed by atoms with Crippen LogP contribution in [0.4, 0.5) is 10.1 Å². The molecule has 0 aliphatic heterocycles. The van der Waals surface area contributed by atoms with Crippen LogP contribution in [0.2, 0.25) is 5.02 Å². The molecule has 0 unspecified atom stereocenters. The van der Waals surface area contributed by atoms with Gasteiger partial charge in [-0.15, -0.1) is 0 Å². The SMILES string of the molecule is CCN(CC)CCN(C)Cc1cccc(C(=O)Nc2ccc(Cl)cc2C(=O)NN=Cc2ccc(F)cc2)c1. The zero-order valence-electron chi connectivity index (χ0n) is 21.9. The number of hydrogen-bond acceptors (Lipinski definition) is 5. The highest BCUT2D eigenvalue weighted by Gasteiger charge is 2.16. The normalized spacial score (nSPS) is 11.3. The van der Waals surface area contributed by atoms with E-state index in [-0.39, 0.29) is 17.3 Å². The standard InChI is InChI=1S/C29H33ClFN5O2/c1-4-36(5-2)16-15-35(3)20-22-7-6-8-23(17-22)28(37)33-27-14-11-24(30)18-26(27)29(38)34-32-19-21-9-12-25(31)13-10-21/h6-14,17-19H,4-5,15-16,20H2,1-3H3,(H,33,37)(H,34,38). The lowest BCUT2D eigenvalue weighted by molar-refractivity contribution is 0.0956. The fourth-order valence-electron chi connectivity index (χ4n) is 3.84. The van der Waals surface area contributed by atoms with Crippen molar-refractivity contribution >= 4 is 35.3 Å². The lowest BCUT2D eigenvalue weighted by Crippen LogP contribution is -2.32. The highest BCUT2D eigenvalue weighted by molar-refractivity contribution is 6.31. The Morgan fingerprint density at radius 1 is 0.974 bits per heavy atom. The Bertz CT molecular complexity index is 1260. The van der Waals surface area contributed by atoms with Crippen LogP contribution in [-0.4, -0.2) is 61.1 Å². The fraction of sp³-hybridized carbons (Fsp3) is 0.276. The van der Waals surface area contributed by atoms with E-state index in [2.05, 4.69) is 46.5 Å². The Labute approximate surface area is 228 Å². The number of carbonyl (C=O) groups excluding carboxylic acids is 2. The van der Waals surface area contributed by atoms with Crippen LogP contribution < -0.4 is 10.7 Å². The van der Waals surface area contributed by atoms with Crippen molar-refractivity contribution in [3.63, 3.8) is 0 Å². The van der Waals surface area contributed by atoms with E-state index in [9.17, 15) is 14.0 Å². The summed E-state index contributed by atoms with van der Waals surface area (Å²) in [5.41, 5.74) is 5.00. The van der Waals surface area contributed by atoms with Gasteiger partial charge in [-0.1, -0.05) is 49.7 Å². The van der Waals surface area contributed by atoms with Crippen molar-refractivity contribution in [2.24, 2.45) is 5.10 Å². The molecule has 0 bridgehead atoms. The molecule has 0 saturated heterocycles. The van der Waals surface area contributed by atoms with Crippen LogP contribution in [0.3, 0.4) is 0 Å². The Morgan fingerprint density at radius 2 is 1.71 bits per heavy atom. The first-order valence-corrected chi connectivity index (χ1v) is 12.9. The highest BCUT2D eigenvalue weighted by Crippen LogP contribution is 2.22. The Balaban J connectivity index is 1.66. The number of nitrogens with zero attached hydrogens (tertiary/aromatic N) is 3. The number of carbonyl (C=O) groups is 2. The second-order valence-corrected chi connectivity index (χ2v) is 9.30. The Hall–Kier alpha value is -3.59. The van der Waals surface area contributed by atoms with E-state index in [0.29, 0.717) is 28.4 Å². The van der Waals surface area contributed by atoms with Gasteiger partial charge in [0.05, 0.1) is 17.5 Å². The molecule has 7 nitrogen and oxygen atoms in total. The predicted octanol–water partition coefficient (Wildman–Crippen LogP) is 5.27. The minimum absolute atomic E-state index is 0.161. The molecule has 0 spiro atoms. The second kappa shape index (κ2) is 14.4. The predicted molar refractivity (Wildman–Crippen MR) is 151 cm³/mol. The first-order valence-electron chi connectivity index (χ1n) is 12.5. The van der Waals surface area contributed by atoms with Crippen molar-refractivity contribution in [1.29, 1.82) is 0 Å². The number of hydrazone groups is 1. The highest BCUT2D eigenvalue weighted by atomic mass is 35.5. The van der Waals surface area contributed by atoms with Gasteiger partial charge in [-0.25, -0.2) is 9.82 Å². The van der Waals surface area contributed by atoms with Crippen LogP contribution in [0.25, 0.3) is 0 Å². The monoisotopic (exact) mass is 537 g/mol. The zero-order valence-corrected chi connectivity index (χ0v) is 22.6. The van der Waals surface area contributed by atoms with Crippen molar-refractivity contribution in [2.45, 2.75) is 20.4 Å². The maximum absolute atomic E-state index is 13.1. The zero-order chi connectivity index (χ0) is 27.5. The van der Waals surface area contributed by atoms with Gasteiger partial charge in [-0.3, -0.25) is 9.59 Å². The van der Waals surface area contributed by atoms with Gasteiger partial charge in [-0.2, -0.15) is 5.10 Å². The molecule has 0 aliphatic carbocycles. The average Bonchev–Trinajstić information content (AvgIpc) is 2.91. The largest absolute Gasteiger partial charge is 0.321 e. The van der Waals surface area contributed by atoms with E-state index in [4.69, 9.17) is 11.6 Å². The Kier molecular flexibility index (Phi) is 11.0. The first kappa shape index (κ1) is 29.0. The number of nitrogens with one attached hydrogen (secondary N) is 2. The van der Waals surface area contributed by atoms with Gasteiger partial charge in [-0.05, 0) is 73.7 Å². The summed E-state index contributed by atoms with van der Waals surface area (Å²) in [6.07, 6.45) is 1.39. The summed E-state index contributed by atoms with van der Waals surface area (Å²) in [6, 6.07) is 17.7. The van der Waals surface area contributed by atoms with E-state index >= 15 is 0 Å². The molecular formula is C29H33ClFN5O2. The summed E-state index contributed by atoms with van der Waals surface area (Å²) >= 11 is 6.12. The van der Waals surface area contributed by atoms with Crippen molar-refractivity contribution < 1.29 is 14.0 Å². The van der Waals surface area contributed by atoms with Gasteiger partial charge >= 0.3 is 0 Å². The average molecular weight is 538 g/mol. The third-order valence-corrected chi connectivity index (χ3v) is 6.29. The van der Waals surface area contributed by atoms with Gasteiger partial charge in [0, 0.05) is 30.2 Å². The van der Waals surface area contributed by atoms with E-state index in [1.165, 1.54) is 36.5 Å². The van der Waals surface area contributed by atoms with Gasteiger partial charge in [0.1, 0.15) is 5.82 Å². The van der Waals surface area contributed by atoms with Crippen LogP contribution >= 0.6 is 11.6 Å².